The molecule has 1 aromatic carbocycles. The number of likely N-dealkylation sites (tertiary alicyclic amines) is 1. The van der Waals surface area contributed by atoms with Crippen LogP contribution >= 0.6 is 0 Å². The summed E-state index contributed by atoms with van der Waals surface area (Å²) in [7, 11) is -3.64. The largest absolute Gasteiger partial charge is 0.370 e. The highest BCUT2D eigenvalue weighted by atomic mass is 32.2. The molecule has 0 spiro atoms. The van der Waals surface area contributed by atoms with E-state index < -0.39 is 10.0 Å². The van der Waals surface area contributed by atoms with Crippen molar-refractivity contribution < 1.29 is 13.2 Å². The molecule has 4 rings (SSSR count). The molecule has 1 N–H and O–H groups in total. The number of nitrogens with one attached hydrogen (secondary N) is 1. The molecule has 7 nitrogen and oxygen atoms in total. The molecule has 3 heterocycles. The van der Waals surface area contributed by atoms with Crippen LogP contribution in [-0.2, 0) is 10.0 Å². The predicted molar refractivity (Wildman–Crippen MR) is 137 cm³/mol. The number of carbonyl (C=O) groups is 1. The standard InChI is InChI=1S/C26H42N4O3S/c1-22-10-8-14-28(21-22)15-9-13-27-26(31)23-11-12-24(29-16-4-2-5-17-29)25(20-23)34(32,33)30-18-6-3-7-19-30/h11-12,20,22H,2-10,13-19,21H2,1H3,(H,27,31). The maximum Gasteiger partial charge on any atom is 0.251 e. The van der Waals surface area contributed by atoms with Crippen LogP contribution in [0.2, 0.25) is 0 Å². The lowest BCUT2D eigenvalue weighted by Gasteiger charge is -2.33. The third-order valence-corrected chi connectivity index (χ3v) is 9.46. The Bertz CT molecular complexity index is 924. The van der Waals surface area contributed by atoms with E-state index in [0.717, 1.165) is 82.9 Å². The zero-order chi connectivity index (χ0) is 24.0. The molecular weight excluding hydrogens is 448 g/mol. The van der Waals surface area contributed by atoms with Gasteiger partial charge in [-0.1, -0.05) is 13.3 Å². The normalized spacial score (nSPS) is 23.1. The van der Waals surface area contributed by atoms with Crippen LogP contribution in [0.15, 0.2) is 23.1 Å². The first-order chi connectivity index (χ1) is 16.4. The Morgan fingerprint density at radius 2 is 1.68 bits per heavy atom. The molecule has 0 saturated carbocycles. The van der Waals surface area contributed by atoms with Crippen molar-refractivity contribution in [2.75, 3.05) is 57.3 Å². The van der Waals surface area contributed by atoms with Crippen LogP contribution in [0.5, 0.6) is 0 Å². The number of benzene rings is 1. The van der Waals surface area contributed by atoms with Gasteiger partial charge in [0.05, 0.1) is 5.69 Å². The van der Waals surface area contributed by atoms with Crippen LogP contribution in [-0.4, -0.2) is 75.9 Å². The second kappa shape index (κ2) is 11.9. The number of rotatable bonds is 8. The highest BCUT2D eigenvalue weighted by Gasteiger charge is 2.31. The van der Waals surface area contributed by atoms with Crippen LogP contribution < -0.4 is 10.2 Å². The maximum absolute atomic E-state index is 13.6. The van der Waals surface area contributed by atoms with Gasteiger partial charge in [0.25, 0.3) is 5.91 Å². The van der Waals surface area contributed by atoms with Crippen molar-refractivity contribution in [1.29, 1.82) is 0 Å². The molecule has 1 amide bonds. The predicted octanol–water partition coefficient (Wildman–Crippen LogP) is 3.70. The van der Waals surface area contributed by atoms with Gasteiger partial charge in [-0.3, -0.25) is 4.79 Å². The van der Waals surface area contributed by atoms with E-state index in [0.29, 0.717) is 30.1 Å². The number of nitrogens with zero attached hydrogens (tertiary/aromatic N) is 3. The van der Waals surface area contributed by atoms with E-state index in [2.05, 4.69) is 22.0 Å². The fraction of sp³-hybridized carbons (Fsp3) is 0.731. The van der Waals surface area contributed by atoms with Gasteiger partial charge in [0.2, 0.25) is 10.0 Å². The molecule has 3 aliphatic heterocycles. The van der Waals surface area contributed by atoms with E-state index in [1.165, 1.54) is 19.3 Å². The van der Waals surface area contributed by atoms with Crippen LogP contribution in [0.4, 0.5) is 5.69 Å². The number of carbonyl (C=O) groups excluding carboxylic acids is 1. The van der Waals surface area contributed by atoms with Crippen molar-refractivity contribution in [3.05, 3.63) is 23.8 Å². The van der Waals surface area contributed by atoms with Crippen molar-refractivity contribution >= 4 is 21.6 Å². The summed E-state index contributed by atoms with van der Waals surface area (Å²) in [5, 5.41) is 3.02. The number of amides is 1. The number of hydrogen-bond acceptors (Lipinski definition) is 5. The average Bonchev–Trinajstić information content (AvgIpc) is 2.87. The van der Waals surface area contributed by atoms with Crippen molar-refractivity contribution in [3.63, 3.8) is 0 Å². The van der Waals surface area contributed by atoms with Crippen LogP contribution in [0.25, 0.3) is 0 Å². The summed E-state index contributed by atoms with van der Waals surface area (Å²) >= 11 is 0. The van der Waals surface area contributed by atoms with Crippen LogP contribution in [0, 0.1) is 5.92 Å². The molecule has 8 heteroatoms. The Labute approximate surface area is 205 Å². The molecule has 0 radical (unpaired) electrons. The zero-order valence-corrected chi connectivity index (χ0v) is 21.6. The molecule has 1 unspecified atom stereocenters. The quantitative estimate of drug-likeness (QED) is 0.563. The summed E-state index contributed by atoms with van der Waals surface area (Å²) in [4.78, 5) is 17.9. The van der Waals surface area contributed by atoms with Gasteiger partial charge in [-0.2, -0.15) is 4.31 Å². The first-order valence-corrected chi connectivity index (χ1v) is 14.8. The third-order valence-electron chi connectivity index (χ3n) is 7.53. The van der Waals surface area contributed by atoms with E-state index in [4.69, 9.17) is 0 Å². The fourth-order valence-corrected chi connectivity index (χ4v) is 7.35. The molecule has 0 aliphatic carbocycles. The van der Waals surface area contributed by atoms with Crippen molar-refractivity contribution in [3.8, 4) is 0 Å². The Kier molecular flexibility index (Phi) is 8.88. The summed E-state index contributed by atoms with van der Waals surface area (Å²) in [6, 6.07) is 5.27. The lowest BCUT2D eigenvalue weighted by atomic mass is 10.0. The first kappa shape index (κ1) is 25.5. The molecule has 0 bridgehead atoms. The SMILES string of the molecule is CC1CCCN(CCCNC(=O)c2ccc(N3CCCCC3)c(S(=O)(=O)N3CCCCC3)c2)C1. The van der Waals surface area contributed by atoms with Crippen molar-refractivity contribution in [2.24, 2.45) is 5.92 Å². The Balaban J connectivity index is 1.45. The number of anilines is 1. The molecule has 34 heavy (non-hydrogen) atoms. The smallest absolute Gasteiger partial charge is 0.251 e. The maximum atomic E-state index is 13.6. The zero-order valence-electron chi connectivity index (χ0n) is 20.8. The minimum Gasteiger partial charge on any atom is -0.370 e. The highest BCUT2D eigenvalue weighted by Crippen LogP contribution is 2.32. The number of sulfonamides is 1. The van der Waals surface area contributed by atoms with Gasteiger partial charge in [-0.15, -0.1) is 0 Å². The minimum atomic E-state index is -3.64. The van der Waals surface area contributed by atoms with Crippen molar-refractivity contribution in [1.82, 2.24) is 14.5 Å². The highest BCUT2D eigenvalue weighted by molar-refractivity contribution is 7.89. The van der Waals surface area contributed by atoms with Gasteiger partial charge in [0.1, 0.15) is 4.90 Å². The first-order valence-electron chi connectivity index (χ1n) is 13.3. The minimum absolute atomic E-state index is 0.188. The summed E-state index contributed by atoms with van der Waals surface area (Å²) < 4.78 is 28.9. The second-order valence-electron chi connectivity index (χ2n) is 10.4. The fourth-order valence-electron chi connectivity index (χ4n) is 5.60. The number of hydrogen-bond donors (Lipinski definition) is 1. The summed E-state index contributed by atoms with van der Waals surface area (Å²) in [5.74, 6) is 0.564. The van der Waals surface area contributed by atoms with E-state index in [-0.39, 0.29) is 5.91 Å². The van der Waals surface area contributed by atoms with Gasteiger partial charge in [-0.05, 0) is 88.6 Å². The van der Waals surface area contributed by atoms with Crippen LogP contribution in [0.1, 0.15) is 75.1 Å². The monoisotopic (exact) mass is 490 g/mol. The topological polar surface area (TPSA) is 73.0 Å². The Morgan fingerprint density at radius 1 is 0.971 bits per heavy atom. The number of piperidine rings is 3. The van der Waals surface area contributed by atoms with Crippen LogP contribution in [0.3, 0.4) is 0 Å². The molecule has 0 aromatic heterocycles. The molecular formula is C26H42N4O3S. The Morgan fingerprint density at radius 3 is 2.38 bits per heavy atom. The van der Waals surface area contributed by atoms with E-state index in [1.807, 2.05) is 6.07 Å². The van der Waals surface area contributed by atoms with E-state index >= 15 is 0 Å². The molecule has 3 fully saturated rings. The van der Waals surface area contributed by atoms with Gasteiger partial charge >= 0.3 is 0 Å². The lowest BCUT2D eigenvalue weighted by Crippen LogP contribution is -2.38. The average molecular weight is 491 g/mol. The summed E-state index contributed by atoms with van der Waals surface area (Å²) in [6.07, 6.45) is 9.66. The van der Waals surface area contributed by atoms with Gasteiger partial charge in [-0.25, -0.2) is 8.42 Å². The summed E-state index contributed by atoms with van der Waals surface area (Å²) in [6.45, 7) is 9.04. The van der Waals surface area contributed by atoms with Gasteiger partial charge in [0, 0.05) is 44.8 Å². The van der Waals surface area contributed by atoms with Crippen molar-refractivity contribution in [2.45, 2.75) is 69.6 Å². The Hall–Kier alpha value is -1.64. The van der Waals surface area contributed by atoms with E-state index in [9.17, 15) is 13.2 Å². The molecule has 1 atom stereocenters. The molecule has 1 aromatic rings. The lowest BCUT2D eigenvalue weighted by molar-refractivity contribution is 0.0950. The summed E-state index contributed by atoms with van der Waals surface area (Å²) in [5.41, 5.74) is 1.18. The van der Waals surface area contributed by atoms with Gasteiger partial charge < -0.3 is 15.1 Å². The van der Waals surface area contributed by atoms with E-state index in [1.54, 1.807) is 16.4 Å². The molecule has 190 valence electrons. The molecule has 3 aliphatic rings. The third kappa shape index (κ3) is 6.32. The van der Waals surface area contributed by atoms with Gasteiger partial charge in [0.15, 0.2) is 0 Å². The molecule has 3 saturated heterocycles. The second-order valence-corrected chi connectivity index (χ2v) is 12.3.